The van der Waals surface area contributed by atoms with Gasteiger partial charge < -0.3 is 0 Å². The predicted molar refractivity (Wildman–Crippen MR) is 43.6 cm³/mol. The van der Waals surface area contributed by atoms with E-state index in [2.05, 4.69) is 16.9 Å². The van der Waals surface area contributed by atoms with E-state index in [0.29, 0.717) is 0 Å². The summed E-state index contributed by atoms with van der Waals surface area (Å²) in [5, 5.41) is 6.98. The first kappa shape index (κ1) is 6.68. The van der Waals surface area contributed by atoms with Gasteiger partial charge in [0.25, 0.3) is 0 Å². The quantitative estimate of drug-likeness (QED) is 0.432. The number of rotatable bonds is 2. The zero-order valence-corrected chi connectivity index (χ0v) is 5.57. The Bertz CT molecular complexity index is 226. The van der Waals surface area contributed by atoms with Gasteiger partial charge in [0.2, 0.25) is 0 Å². The van der Waals surface area contributed by atoms with Crippen molar-refractivity contribution in [2.24, 2.45) is 10.2 Å². The van der Waals surface area contributed by atoms with Gasteiger partial charge >= 0.3 is 0 Å². The first-order valence-corrected chi connectivity index (χ1v) is 2.97. The normalized spacial score (nSPS) is 10.0. The van der Waals surface area contributed by atoms with Crippen molar-refractivity contribution >= 4 is 12.9 Å². The van der Waals surface area contributed by atoms with Gasteiger partial charge in [0.15, 0.2) is 0 Å². The minimum absolute atomic E-state index is 1.04. The van der Waals surface area contributed by atoms with Crippen LogP contribution >= 0.6 is 0 Å². The lowest BCUT2D eigenvalue weighted by atomic mass is 10.2. The summed E-state index contributed by atoms with van der Waals surface area (Å²) in [6.45, 7) is 3.23. The summed E-state index contributed by atoms with van der Waals surface area (Å²) in [5.74, 6) is 0. The molecule has 0 aliphatic rings. The van der Waals surface area contributed by atoms with Gasteiger partial charge in [0.1, 0.15) is 0 Å². The molecule has 0 spiro atoms. The highest BCUT2D eigenvalue weighted by atomic mass is 15.2. The van der Waals surface area contributed by atoms with Crippen molar-refractivity contribution in [3.8, 4) is 0 Å². The molecule has 0 fully saturated rings. The Kier molecular flexibility index (Phi) is 2.38. The smallest absolute Gasteiger partial charge is 0.0567 e. The zero-order valence-electron chi connectivity index (χ0n) is 5.57. The van der Waals surface area contributed by atoms with E-state index in [0.717, 1.165) is 5.56 Å². The average Bonchev–Trinajstić information content (AvgIpc) is 2.03. The van der Waals surface area contributed by atoms with E-state index in [1.54, 1.807) is 6.21 Å². The fraction of sp³-hybridized carbons (Fsp3) is 0. The maximum Gasteiger partial charge on any atom is 0.0567 e. The molecule has 2 nitrogen and oxygen atoms in total. The van der Waals surface area contributed by atoms with Crippen molar-refractivity contribution in [1.82, 2.24) is 0 Å². The second-order valence-electron chi connectivity index (χ2n) is 1.80. The summed E-state index contributed by atoms with van der Waals surface area (Å²) in [6, 6.07) is 9.76. The highest BCUT2D eigenvalue weighted by Crippen LogP contribution is 1.93. The molecule has 0 saturated heterocycles. The Hall–Kier alpha value is -1.44. The molecule has 0 radical (unpaired) electrons. The summed E-state index contributed by atoms with van der Waals surface area (Å²) in [7, 11) is 0. The van der Waals surface area contributed by atoms with Crippen LogP contribution < -0.4 is 0 Å². The van der Waals surface area contributed by atoms with Gasteiger partial charge in [-0.05, 0) is 5.56 Å². The van der Waals surface area contributed by atoms with Crippen LogP contribution in [0.5, 0.6) is 0 Å². The first-order chi connectivity index (χ1) is 4.93. The highest BCUT2D eigenvalue weighted by molar-refractivity contribution is 5.79. The summed E-state index contributed by atoms with van der Waals surface area (Å²) in [4.78, 5) is 0. The molecule has 0 amide bonds. The Balaban J connectivity index is 2.76. The lowest BCUT2D eigenvalue weighted by Crippen LogP contribution is -1.75. The van der Waals surface area contributed by atoms with Crippen LogP contribution in [0, 0.1) is 0 Å². The molecule has 0 saturated carbocycles. The van der Waals surface area contributed by atoms with Crippen LogP contribution in [0.3, 0.4) is 0 Å². The van der Waals surface area contributed by atoms with Crippen LogP contribution in [-0.4, -0.2) is 12.9 Å². The number of benzene rings is 1. The van der Waals surface area contributed by atoms with Gasteiger partial charge in [0.05, 0.1) is 6.21 Å². The van der Waals surface area contributed by atoms with Gasteiger partial charge in [-0.1, -0.05) is 30.3 Å². The van der Waals surface area contributed by atoms with Crippen LogP contribution in [0.2, 0.25) is 0 Å². The van der Waals surface area contributed by atoms with Crippen LogP contribution in [0.1, 0.15) is 5.56 Å². The van der Waals surface area contributed by atoms with Gasteiger partial charge in [-0.25, -0.2) is 0 Å². The SMILES string of the molecule is C=NN=Cc1ccccc1. The van der Waals surface area contributed by atoms with E-state index in [9.17, 15) is 0 Å². The Morgan fingerprint density at radius 2 is 1.90 bits per heavy atom. The molecule has 0 aliphatic heterocycles. The van der Waals surface area contributed by atoms with Crippen LogP contribution in [0.4, 0.5) is 0 Å². The van der Waals surface area contributed by atoms with Gasteiger partial charge in [-0.3, -0.25) is 0 Å². The molecule has 1 rings (SSSR count). The maximum absolute atomic E-state index is 3.63. The van der Waals surface area contributed by atoms with Gasteiger partial charge in [-0.2, -0.15) is 10.2 Å². The minimum atomic E-state index is 1.04. The van der Waals surface area contributed by atoms with Crippen LogP contribution in [0.15, 0.2) is 40.5 Å². The summed E-state index contributed by atoms with van der Waals surface area (Å²) < 4.78 is 0. The predicted octanol–water partition coefficient (Wildman–Crippen LogP) is 1.72. The molecule has 1 aromatic carbocycles. The standard InChI is InChI=1S/C8H8N2/c1-9-10-7-8-5-3-2-4-6-8/h2-7H,1H2. The van der Waals surface area contributed by atoms with E-state index in [-0.39, 0.29) is 0 Å². The molecule has 10 heavy (non-hydrogen) atoms. The summed E-state index contributed by atoms with van der Waals surface area (Å²) >= 11 is 0. The molecular formula is C8H8N2. The second-order valence-corrected chi connectivity index (χ2v) is 1.80. The molecule has 50 valence electrons. The largest absolute Gasteiger partial charge is 0.167 e. The first-order valence-electron chi connectivity index (χ1n) is 2.97. The lowest BCUT2D eigenvalue weighted by molar-refractivity contribution is 1.28. The molecule has 0 atom stereocenters. The van der Waals surface area contributed by atoms with Crippen LogP contribution in [-0.2, 0) is 0 Å². The monoisotopic (exact) mass is 132 g/mol. The number of nitrogens with zero attached hydrogens (tertiary/aromatic N) is 2. The number of hydrogen-bond donors (Lipinski definition) is 0. The maximum atomic E-state index is 3.63. The molecule has 0 bridgehead atoms. The van der Waals surface area contributed by atoms with Crippen molar-refractivity contribution in [3.63, 3.8) is 0 Å². The molecule has 1 aromatic rings. The fourth-order valence-corrected chi connectivity index (χ4v) is 0.647. The fourth-order valence-electron chi connectivity index (χ4n) is 0.647. The minimum Gasteiger partial charge on any atom is -0.167 e. The second kappa shape index (κ2) is 3.56. The summed E-state index contributed by atoms with van der Waals surface area (Å²) in [6.07, 6.45) is 1.66. The average molecular weight is 132 g/mol. The molecule has 0 aliphatic carbocycles. The molecule has 2 heteroatoms. The third-order valence-corrected chi connectivity index (χ3v) is 1.09. The van der Waals surface area contributed by atoms with E-state index < -0.39 is 0 Å². The Labute approximate surface area is 59.9 Å². The molecular weight excluding hydrogens is 124 g/mol. The third kappa shape index (κ3) is 1.82. The van der Waals surface area contributed by atoms with E-state index in [4.69, 9.17) is 0 Å². The molecule has 0 aromatic heterocycles. The topological polar surface area (TPSA) is 24.7 Å². The van der Waals surface area contributed by atoms with Crippen molar-refractivity contribution < 1.29 is 0 Å². The van der Waals surface area contributed by atoms with E-state index in [1.807, 2.05) is 30.3 Å². The van der Waals surface area contributed by atoms with E-state index in [1.165, 1.54) is 0 Å². The van der Waals surface area contributed by atoms with Crippen LogP contribution in [0.25, 0.3) is 0 Å². The molecule has 0 unspecified atom stereocenters. The van der Waals surface area contributed by atoms with Crippen molar-refractivity contribution in [2.45, 2.75) is 0 Å². The number of hydrogen-bond acceptors (Lipinski definition) is 2. The Morgan fingerprint density at radius 3 is 2.50 bits per heavy atom. The lowest BCUT2D eigenvalue weighted by Gasteiger charge is -1.85. The van der Waals surface area contributed by atoms with Gasteiger partial charge in [-0.15, -0.1) is 0 Å². The zero-order chi connectivity index (χ0) is 7.23. The molecule has 0 heterocycles. The van der Waals surface area contributed by atoms with Gasteiger partial charge in [0, 0.05) is 6.72 Å². The van der Waals surface area contributed by atoms with Crippen molar-refractivity contribution in [2.75, 3.05) is 0 Å². The van der Waals surface area contributed by atoms with Crippen molar-refractivity contribution in [3.05, 3.63) is 35.9 Å². The van der Waals surface area contributed by atoms with E-state index >= 15 is 0 Å². The van der Waals surface area contributed by atoms with Crippen molar-refractivity contribution in [1.29, 1.82) is 0 Å². The molecule has 0 N–H and O–H groups in total. The Morgan fingerprint density at radius 1 is 1.20 bits per heavy atom. The highest BCUT2D eigenvalue weighted by Gasteiger charge is 1.80. The summed E-state index contributed by atoms with van der Waals surface area (Å²) in [5.41, 5.74) is 1.04. The third-order valence-electron chi connectivity index (χ3n) is 1.09.